The van der Waals surface area contributed by atoms with E-state index in [-0.39, 0.29) is 78.1 Å². The molecule has 0 aromatic carbocycles. The largest absolute Gasteiger partial charge is 0.450 e. The van der Waals surface area contributed by atoms with Crippen LogP contribution in [-0.4, -0.2) is 72.5 Å². The minimum Gasteiger partial charge on any atom is -0.450 e. The molecule has 3 N–H and O–H groups in total. The molecule has 2 aliphatic heterocycles. The zero-order valence-electron chi connectivity index (χ0n) is 17.2. The van der Waals surface area contributed by atoms with Crippen LogP contribution in [-0.2, 0) is 14.3 Å². The number of likely N-dealkylation sites (tertiary alicyclic amines) is 2. The van der Waals surface area contributed by atoms with E-state index in [2.05, 4.69) is 22.5 Å². The Labute approximate surface area is 193 Å². The van der Waals surface area contributed by atoms with Crippen molar-refractivity contribution in [2.24, 2.45) is 34.4 Å². The standard InChI is InChI=1S/C20H29N5O4.HI/c1-2-29-20(28)24-8-5-14(6-9-24)23-19(21)22-7-10-25-17(26)15-12-3-4-13(11-12)16(15)18(25)27;/h3-4,12-16H,2,5-11H2,1H3,(H3,21,22,23);1H. The van der Waals surface area contributed by atoms with Crippen molar-refractivity contribution < 1.29 is 19.1 Å². The Morgan fingerprint density at radius 3 is 2.37 bits per heavy atom. The second kappa shape index (κ2) is 9.52. The molecule has 2 bridgehead atoms. The number of amides is 3. The lowest BCUT2D eigenvalue weighted by Crippen LogP contribution is -2.48. The monoisotopic (exact) mass is 531 g/mol. The predicted molar refractivity (Wildman–Crippen MR) is 121 cm³/mol. The molecular formula is C20H30IN5O4. The molecule has 0 radical (unpaired) electrons. The maximum Gasteiger partial charge on any atom is 0.409 e. The molecule has 3 fully saturated rings. The molecule has 2 heterocycles. The van der Waals surface area contributed by atoms with Crippen molar-refractivity contribution in [2.45, 2.75) is 32.2 Å². The Bertz CT molecular complexity index is 719. The van der Waals surface area contributed by atoms with E-state index in [1.807, 2.05) is 0 Å². The molecule has 0 aromatic rings. The summed E-state index contributed by atoms with van der Waals surface area (Å²) in [5.74, 6) is 0.322. The van der Waals surface area contributed by atoms with E-state index in [9.17, 15) is 14.4 Å². The van der Waals surface area contributed by atoms with Gasteiger partial charge >= 0.3 is 6.09 Å². The summed E-state index contributed by atoms with van der Waals surface area (Å²) >= 11 is 0. The Kier molecular flexibility index (Phi) is 7.25. The Morgan fingerprint density at radius 2 is 1.80 bits per heavy atom. The van der Waals surface area contributed by atoms with E-state index in [1.165, 1.54) is 4.90 Å². The third kappa shape index (κ3) is 4.28. The van der Waals surface area contributed by atoms with E-state index >= 15 is 0 Å². The molecule has 2 aliphatic carbocycles. The number of carbonyl (C=O) groups excluding carboxylic acids is 3. The van der Waals surface area contributed by atoms with Gasteiger partial charge in [-0.1, -0.05) is 12.2 Å². The van der Waals surface area contributed by atoms with Crippen LogP contribution in [0.4, 0.5) is 4.79 Å². The van der Waals surface area contributed by atoms with Crippen LogP contribution in [0.25, 0.3) is 0 Å². The van der Waals surface area contributed by atoms with Gasteiger partial charge < -0.3 is 20.7 Å². The smallest absolute Gasteiger partial charge is 0.409 e. The normalized spacial score (nSPS) is 30.5. The number of hydrogen-bond acceptors (Lipinski definition) is 5. The first-order valence-corrected chi connectivity index (χ1v) is 10.5. The highest BCUT2D eigenvalue weighted by Gasteiger charge is 2.58. The minimum atomic E-state index is -0.277. The number of halogens is 1. The number of hydrogen-bond donors (Lipinski definition) is 2. The molecule has 9 nitrogen and oxygen atoms in total. The SMILES string of the molecule is CCOC(=O)N1CCC(NC(N)=NCCN2C(=O)C3C4C=CC(C4)C3C2=O)CC1.I. The first-order valence-electron chi connectivity index (χ1n) is 10.5. The van der Waals surface area contributed by atoms with Crippen molar-refractivity contribution >= 4 is 47.8 Å². The van der Waals surface area contributed by atoms with Crippen LogP contribution < -0.4 is 11.1 Å². The van der Waals surface area contributed by atoms with Gasteiger partial charge in [-0.2, -0.15) is 0 Å². The number of fused-ring (bicyclic) bond motifs is 5. The van der Waals surface area contributed by atoms with E-state index in [0.29, 0.717) is 32.2 Å². The van der Waals surface area contributed by atoms with Gasteiger partial charge in [0.05, 0.1) is 25.0 Å². The Morgan fingerprint density at radius 1 is 1.20 bits per heavy atom. The summed E-state index contributed by atoms with van der Waals surface area (Å²) in [6.45, 7) is 3.95. The number of ether oxygens (including phenoxy) is 1. The number of allylic oxidation sites excluding steroid dienone is 2. The van der Waals surface area contributed by atoms with Crippen molar-refractivity contribution in [3.63, 3.8) is 0 Å². The van der Waals surface area contributed by atoms with Gasteiger partial charge in [-0.15, -0.1) is 24.0 Å². The van der Waals surface area contributed by atoms with Gasteiger partial charge in [0.2, 0.25) is 11.8 Å². The lowest BCUT2D eigenvalue weighted by Gasteiger charge is -2.31. The average Bonchev–Trinajstić information content (AvgIpc) is 3.38. The van der Waals surface area contributed by atoms with Crippen LogP contribution in [0.2, 0.25) is 0 Å². The molecule has 4 unspecified atom stereocenters. The summed E-state index contributed by atoms with van der Waals surface area (Å²) in [7, 11) is 0. The Balaban J connectivity index is 0.00000256. The molecule has 10 heteroatoms. The van der Waals surface area contributed by atoms with Gasteiger partial charge in [0.1, 0.15) is 0 Å². The fourth-order valence-corrected chi connectivity index (χ4v) is 5.13. The lowest BCUT2D eigenvalue weighted by atomic mass is 9.85. The molecule has 30 heavy (non-hydrogen) atoms. The highest BCUT2D eigenvalue weighted by molar-refractivity contribution is 14.0. The first kappa shape index (κ1) is 22.8. The quantitative estimate of drug-likeness (QED) is 0.179. The highest BCUT2D eigenvalue weighted by atomic mass is 127. The fourth-order valence-electron chi connectivity index (χ4n) is 5.13. The van der Waals surface area contributed by atoms with Crippen molar-refractivity contribution in [1.29, 1.82) is 0 Å². The summed E-state index contributed by atoms with van der Waals surface area (Å²) in [6.07, 6.45) is 6.36. The summed E-state index contributed by atoms with van der Waals surface area (Å²) < 4.78 is 5.02. The number of nitrogens with two attached hydrogens (primary N) is 1. The van der Waals surface area contributed by atoms with Gasteiger partial charge in [-0.3, -0.25) is 19.5 Å². The summed E-state index contributed by atoms with van der Waals surface area (Å²) in [6, 6.07) is 0.139. The zero-order chi connectivity index (χ0) is 20.5. The average molecular weight is 531 g/mol. The summed E-state index contributed by atoms with van der Waals surface area (Å²) in [5, 5.41) is 3.17. The van der Waals surface area contributed by atoms with Crippen LogP contribution in [0.5, 0.6) is 0 Å². The van der Waals surface area contributed by atoms with Crippen LogP contribution in [0, 0.1) is 23.7 Å². The molecule has 0 spiro atoms. The maximum absolute atomic E-state index is 12.6. The zero-order valence-corrected chi connectivity index (χ0v) is 19.5. The summed E-state index contributed by atoms with van der Waals surface area (Å²) in [5.41, 5.74) is 5.98. The van der Waals surface area contributed by atoms with Crippen molar-refractivity contribution in [3.05, 3.63) is 12.2 Å². The third-order valence-corrected chi connectivity index (χ3v) is 6.54. The maximum atomic E-state index is 12.6. The van der Waals surface area contributed by atoms with Gasteiger partial charge in [-0.05, 0) is 38.0 Å². The molecule has 2 saturated heterocycles. The number of imide groups is 1. The van der Waals surface area contributed by atoms with Crippen LogP contribution in [0.15, 0.2) is 17.1 Å². The van der Waals surface area contributed by atoms with Crippen LogP contribution in [0.3, 0.4) is 0 Å². The van der Waals surface area contributed by atoms with Gasteiger partial charge in [0, 0.05) is 25.7 Å². The number of nitrogens with one attached hydrogen (secondary N) is 1. The molecule has 166 valence electrons. The van der Waals surface area contributed by atoms with E-state index in [4.69, 9.17) is 10.5 Å². The number of piperidine rings is 1. The minimum absolute atomic E-state index is 0. The number of nitrogens with zero attached hydrogens (tertiary/aromatic N) is 3. The lowest BCUT2D eigenvalue weighted by molar-refractivity contribution is -0.140. The van der Waals surface area contributed by atoms with Crippen molar-refractivity contribution in [1.82, 2.24) is 15.1 Å². The number of carbonyl (C=O) groups is 3. The van der Waals surface area contributed by atoms with Crippen LogP contribution >= 0.6 is 24.0 Å². The highest BCUT2D eigenvalue weighted by Crippen LogP contribution is 2.52. The molecule has 3 amide bonds. The molecule has 4 rings (SSSR count). The molecular weight excluding hydrogens is 501 g/mol. The molecule has 1 saturated carbocycles. The molecule has 4 atom stereocenters. The van der Waals surface area contributed by atoms with E-state index in [0.717, 1.165) is 19.3 Å². The van der Waals surface area contributed by atoms with Crippen molar-refractivity contribution in [3.8, 4) is 0 Å². The third-order valence-electron chi connectivity index (χ3n) is 6.54. The fraction of sp³-hybridized carbons (Fsp3) is 0.700. The first-order chi connectivity index (χ1) is 14.0. The van der Waals surface area contributed by atoms with Gasteiger partial charge in [0.25, 0.3) is 0 Å². The predicted octanol–water partition coefficient (Wildman–Crippen LogP) is 0.937. The number of aliphatic imine (C=N–C) groups is 1. The van der Waals surface area contributed by atoms with Crippen LogP contribution in [0.1, 0.15) is 26.2 Å². The second-order valence-electron chi connectivity index (χ2n) is 8.20. The number of guanidine groups is 1. The Hall–Kier alpha value is -1.85. The molecule has 4 aliphatic rings. The summed E-state index contributed by atoms with van der Waals surface area (Å²) in [4.78, 5) is 44.4. The second-order valence-corrected chi connectivity index (χ2v) is 8.20. The molecule has 0 aromatic heterocycles. The van der Waals surface area contributed by atoms with Crippen molar-refractivity contribution in [2.75, 3.05) is 32.8 Å². The van der Waals surface area contributed by atoms with Gasteiger partial charge in [0.15, 0.2) is 5.96 Å². The van der Waals surface area contributed by atoms with E-state index < -0.39 is 0 Å². The number of rotatable bonds is 5. The van der Waals surface area contributed by atoms with E-state index in [1.54, 1.807) is 11.8 Å². The van der Waals surface area contributed by atoms with Gasteiger partial charge in [-0.25, -0.2) is 4.79 Å². The topological polar surface area (TPSA) is 117 Å².